The molecule has 1 unspecified atom stereocenters. The minimum atomic E-state index is -0.233. The third kappa shape index (κ3) is 3.08. The van der Waals surface area contributed by atoms with Crippen molar-refractivity contribution in [2.45, 2.75) is 19.0 Å². The largest absolute Gasteiger partial charge is 0.326 e. The Hall–Kier alpha value is -0.350. The van der Waals surface area contributed by atoms with Crippen molar-refractivity contribution < 1.29 is 4.39 Å². The second kappa shape index (κ2) is 5.82. The van der Waals surface area contributed by atoms with Gasteiger partial charge in [-0.15, -0.1) is 12.4 Å². The van der Waals surface area contributed by atoms with Crippen LogP contribution in [0, 0.1) is 5.82 Å². The Kier molecular flexibility index (Phi) is 4.99. The summed E-state index contributed by atoms with van der Waals surface area (Å²) in [5, 5.41) is 0.496. The van der Waals surface area contributed by atoms with E-state index in [1.165, 1.54) is 6.07 Å². The van der Waals surface area contributed by atoms with Crippen molar-refractivity contribution in [1.29, 1.82) is 0 Å². The molecule has 1 aliphatic heterocycles. The molecule has 5 heteroatoms. The van der Waals surface area contributed by atoms with Crippen molar-refractivity contribution in [3.05, 3.63) is 34.6 Å². The Morgan fingerprint density at radius 3 is 2.81 bits per heavy atom. The van der Waals surface area contributed by atoms with E-state index in [4.69, 9.17) is 17.3 Å². The molecular weight excluding hydrogens is 250 g/mol. The molecule has 2 rings (SSSR count). The predicted octanol–water partition coefficient (Wildman–Crippen LogP) is 2.43. The molecule has 0 bridgehead atoms. The van der Waals surface area contributed by atoms with Crippen LogP contribution >= 0.6 is 24.0 Å². The van der Waals surface area contributed by atoms with Crippen molar-refractivity contribution in [2.24, 2.45) is 5.73 Å². The standard InChI is InChI=1S/C11H14ClFN2.ClH/c12-10-2-1-3-11(13)9(10)7-15-5-4-8(14)6-15;/h1-3,8H,4-7,14H2;1H. The highest BCUT2D eigenvalue weighted by Crippen LogP contribution is 2.22. The predicted molar refractivity (Wildman–Crippen MR) is 66.5 cm³/mol. The number of hydrogen-bond acceptors (Lipinski definition) is 2. The fourth-order valence-electron chi connectivity index (χ4n) is 1.91. The summed E-state index contributed by atoms with van der Waals surface area (Å²) >= 11 is 5.95. The Bertz CT molecular complexity index is 340. The first kappa shape index (κ1) is 13.7. The van der Waals surface area contributed by atoms with Crippen LogP contribution in [0.3, 0.4) is 0 Å². The minimum Gasteiger partial charge on any atom is -0.326 e. The maximum absolute atomic E-state index is 13.5. The van der Waals surface area contributed by atoms with Gasteiger partial charge in [0, 0.05) is 36.3 Å². The van der Waals surface area contributed by atoms with Gasteiger partial charge in [-0.25, -0.2) is 4.39 Å². The molecule has 0 radical (unpaired) electrons. The van der Waals surface area contributed by atoms with Crippen LogP contribution in [0.2, 0.25) is 5.02 Å². The van der Waals surface area contributed by atoms with Crippen LogP contribution < -0.4 is 5.73 Å². The monoisotopic (exact) mass is 264 g/mol. The lowest BCUT2D eigenvalue weighted by Crippen LogP contribution is -2.26. The molecule has 16 heavy (non-hydrogen) atoms. The highest BCUT2D eigenvalue weighted by Gasteiger charge is 2.20. The van der Waals surface area contributed by atoms with Crippen LogP contribution in [0.25, 0.3) is 0 Å². The number of nitrogens with zero attached hydrogens (tertiary/aromatic N) is 1. The molecule has 1 aromatic rings. The molecule has 0 spiro atoms. The van der Waals surface area contributed by atoms with Crippen LogP contribution in [0.4, 0.5) is 4.39 Å². The summed E-state index contributed by atoms with van der Waals surface area (Å²) in [6.07, 6.45) is 0.978. The molecule has 0 saturated carbocycles. The van der Waals surface area contributed by atoms with Crippen molar-refractivity contribution in [3.8, 4) is 0 Å². The van der Waals surface area contributed by atoms with Gasteiger partial charge in [-0.2, -0.15) is 0 Å². The van der Waals surface area contributed by atoms with Gasteiger partial charge < -0.3 is 5.73 Å². The van der Waals surface area contributed by atoms with E-state index in [-0.39, 0.29) is 24.3 Å². The molecule has 0 aromatic heterocycles. The van der Waals surface area contributed by atoms with Crippen LogP contribution in [0.15, 0.2) is 18.2 Å². The van der Waals surface area contributed by atoms with E-state index in [1.54, 1.807) is 12.1 Å². The molecule has 90 valence electrons. The molecule has 1 aromatic carbocycles. The van der Waals surface area contributed by atoms with Gasteiger partial charge in [-0.3, -0.25) is 4.90 Å². The van der Waals surface area contributed by atoms with Gasteiger partial charge >= 0.3 is 0 Å². The number of benzene rings is 1. The van der Waals surface area contributed by atoms with Gasteiger partial charge in [0.1, 0.15) is 5.82 Å². The highest BCUT2D eigenvalue weighted by atomic mass is 35.5. The summed E-state index contributed by atoms with van der Waals surface area (Å²) in [5.41, 5.74) is 6.36. The van der Waals surface area contributed by atoms with Gasteiger partial charge in [0.25, 0.3) is 0 Å². The minimum absolute atomic E-state index is 0. The highest BCUT2D eigenvalue weighted by molar-refractivity contribution is 6.31. The first-order valence-corrected chi connectivity index (χ1v) is 5.45. The zero-order valence-corrected chi connectivity index (χ0v) is 10.4. The number of halogens is 3. The maximum Gasteiger partial charge on any atom is 0.129 e. The van der Waals surface area contributed by atoms with Crippen molar-refractivity contribution in [1.82, 2.24) is 4.90 Å². The van der Waals surface area contributed by atoms with Crippen LogP contribution in [0.5, 0.6) is 0 Å². The molecule has 1 heterocycles. The summed E-state index contributed by atoms with van der Waals surface area (Å²) in [5.74, 6) is -0.233. The third-order valence-electron chi connectivity index (χ3n) is 2.75. The lowest BCUT2D eigenvalue weighted by molar-refractivity contribution is 0.321. The smallest absolute Gasteiger partial charge is 0.129 e. The number of rotatable bonds is 2. The molecular formula is C11H15Cl2FN2. The zero-order valence-electron chi connectivity index (χ0n) is 8.83. The Morgan fingerprint density at radius 2 is 2.25 bits per heavy atom. The first-order chi connectivity index (χ1) is 7.16. The number of likely N-dealkylation sites (tertiary alicyclic amines) is 1. The molecule has 1 fully saturated rings. The molecule has 2 nitrogen and oxygen atoms in total. The molecule has 0 aliphatic carbocycles. The van der Waals surface area contributed by atoms with Crippen molar-refractivity contribution in [3.63, 3.8) is 0 Å². The maximum atomic E-state index is 13.5. The third-order valence-corrected chi connectivity index (χ3v) is 3.11. The van der Waals surface area contributed by atoms with Crippen LogP contribution in [0.1, 0.15) is 12.0 Å². The summed E-state index contributed by atoms with van der Waals surface area (Å²) in [4.78, 5) is 2.13. The van der Waals surface area contributed by atoms with E-state index in [9.17, 15) is 4.39 Å². The van der Waals surface area contributed by atoms with E-state index in [0.717, 1.165) is 19.5 Å². The Labute approximate surface area is 106 Å². The number of hydrogen-bond donors (Lipinski definition) is 1. The lowest BCUT2D eigenvalue weighted by atomic mass is 10.2. The van der Waals surface area contributed by atoms with Crippen molar-refractivity contribution >= 4 is 24.0 Å². The second-order valence-electron chi connectivity index (χ2n) is 3.98. The first-order valence-electron chi connectivity index (χ1n) is 5.07. The van der Waals surface area contributed by atoms with Crippen molar-refractivity contribution in [2.75, 3.05) is 13.1 Å². The normalized spacial score (nSPS) is 20.8. The SMILES string of the molecule is Cl.NC1CCN(Cc2c(F)cccc2Cl)C1. The summed E-state index contributed by atoms with van der Waals surface area (Å²) in [7, 11) is 0. The fourth-order valence-corrected chi connectivity index (χ4v) is 2.14. The van der Waals surface area contributed by atoms with Gasteiger partial charge in [0.15, 0.2) is 0 Å². The zero-order chi connectivity index (χ0) is 10.8. The van der Waals surface area contributed by atoms with Crippen LogP contribution in [-0.4, -0.2) is 24.0 Å². The second-order valence-corrected chi connectivity index (χ2v) is 4.39. The number of nitrogens with two attached hydrogens (primary N) is 1. The molecule has 1 aliphatic rings. The molecule has 2 N–H and O–H groups in total. The fraction of sp³-hybridized carbons (Fsp3) is 0.455. The Morgan fingerprint density at radius 1 is 1.50 bits per heavy atom. The molecule has 1 atom stereocenters. The van der Waals surface area contributed by atoms with E-state index in [2.05, 4.69) is 4.90 Å². The van der Waals surface area contributed by atoms with Gasteiger partial charge in [0.05, 0.1) is 0 Å². The average molecular weight is 265 g/mol. The van der Waals surface area contributed by atoms with Gasteiger partial charge in [-0.1, -0.05) is 17.7 Å². The van der Waals surface area contributed by atoms with E-state index in [1.807, 2.05) is 0 Å². The van der Waals surface area contributed by atoms with E-state index >= 15 is 0 Å². The van der Waals surface area contributed by atoms with Gasteiger partial charge in [-0.05, 0) is 18.6 Å². The van der Waals surface area contributed by atoms with Gasteiger partial charge in [0.2, 0.25) is 0 Å². The summed E-state index contributed by atoms with van der Waals surface area (Å²) < 4.78 is 13.5. The Balaban J connectivity index is 0.00000128. The quantitative estimate of drug-likeness (QED) is 0.889. The topological polar surface area (TPSA) is 29.3 Å². The van der Waals surface area contributed by atoms with E-state index < -0.39 is 0 Å². The molecule has 1 saturated heterocycles. The van der Waals surface area contributed by atoms with Crippen LogP contribution in [-0.2, 0) is 6.54 Å². The summed E-state index contributed by atoms with van der Waals surface area (Å²) in [6.45, 7) is 2.30. The average Bonchev–Trinajstić information content (AvgIpc) is 2.58. The summed E-state index contributed by atoms with van der Waals surface area (Å²) in [6, 6.07) is 5.00. The molecule has 0 amide bonds. The van der Waals surface area contributed by atoms with E-state index in [0.29, 0.717) is 17.1 Å². The lowest BCUT2D eigenvalue weighted by Gasteiger charge is -2.16.